The van der Waals surface area contributed by atoms with Crippen molar-refractivity contribution >= 4 is 11.8 Å². The molecule has 5 nitrogen and oxygen atoms in total. The van der Waals surface area contributed by atoms with Crippen LogP contribution < -0.4 is 15.0 Å². The van der Waals surface area contributed by atoms with Crippen molar-refractivity contribution in [2.75, 3.05) is 19.5 Å². The average molecular weight is 332 g/mol. The summed E-state index contributed by atoms with van der Waals surface area (Å²) in [6, 6.07) is 7.49. The first-order valence-corrected chi connectivity index (χ1v) is 8.76. The highest BCUT2D eigenvalue weighted by atomic mass is 32.2. The van der Waals surface area contributed by atoms with Crippen LogP contribution in [0.3, 0.4) is 0 Å². The zero-order valence-electron chi connectivity index (χ0n) is 13.1. The maximum absolute atomic E-state index is 12.0. The number of nitrogens with one attached hydrogen (secondary N) is 1. The molecule has 1 aliphatic rings. The fraction of sp³-hybridized carbons (Fsp3) is 0.412. The first kappa shape index (κ1) is 15.9. The van der Waals surface area contributed by atoms with Gasteiger partial charge < -0.3 is 14.5 Å². The molecule has 0 aliphatic heterocycles. The molecular formula is C17H20N2O3S. The van der Waals surface area contributed by atoms with Crippen LogP contribution in [0.1, 0.15) is 24.1 Å². The van der Waals surface area contributed by atoms with Crippen molar-refractivity contribution in [1.82, 2.24) is 9.97 Å². The number of fused-ring (bicyclic) bond motifs is 1. The predicted octanol–water partition coefficient (Wildman–Crippen LogP) is 2.83. The molecule has 23 heavy (non-hydrogen) atoms. The highest BCUT2D eigenvalue weighted by Gasteiger charge is 2.15. The lowest BCUT2D eigenvalue weighted by molar-refractivity contribution is 0.342. The van der Waals surface area contributed by atoms with E-state index in [1.165, 1.54) is 11.8 Å². The zero-order valence-corrected chi connectivity index (χ0v) is 13.9. The molecule has 0 fully saturated rings. The van der Waals surface area contributed by atoms with Crippen molar-refractivity contribution in [1.29, 1.82) is 0 Å². The standard InChI is InChI=1S/C17H20N2O3S/c1-21-12-6-8-13(9-7-12)22-10-11-23-17-18-15-5-3-2-4-14(15)16(20)19-17/h6-9H,2-5,10-11H2,1H3,(H,18,19,20). The Labute approximate surface area is 139 Å². The lowest BCUT2D eigenvalue weighted by Crippen LogP contribution is -2.21. The van der Waals surface area contributed by atoms with Crippen LogP contribution in [0.15, 0.2) is 34.2 Å². The summed E-state index contributed by atoms with van der Waals surface area (Å²) in [5.74, 6) is 2.34. The van der Waals surface area contributed by atoms with Crippen molar-refractivity contribution in [3.63, 3.8) is 0 Å². The summed E-state index contributed by atoms with van der Waals surface area (Å²) >= 11 is 1.52. The smallest absolute Gasteiger partial charge is 0.254 e. The summed E-state index contributed by atoms with van der Waals surface area (Å²) in [7, 11) is 1.64. The minimum atomic E-state index is 0.0215. The van der Waals surface area contributed by atoms with E-state index in [-0.39, 0.29) is 5.56 Å². The van der Waals surface area contributed by atoms with E-state index in [1.807, 2.05) is 24.3 Å². The number of rotatable bonds is 6. The number of hydrogen-bond donors (Lipinski definition) is 1. The summed E-state index contributed by atoms with van der Waals surface area (Å²) < 4.78 is 10.8. The van der Waals surface area contributed by atoms with Crippen molar-refractivity contribution in [2.24, 2.45) is 0 Å². The number of aryl methyl sites for hydroxylation is 1. The molecule has 1 aliphatic carbocycles. The van der Waals surface area contributed by atoms with Gasteiger partial charge in [0.25, 0.3) is 5.56 Å². The molecule has 0 saturated heterocycles. The third-order valence-electron chi connectivity index (χ3n) is 3.82. The van der Waals surface area contributed by atoms with Crippen LogP contribution in [0, 0.1) is 0 Å². The SMILES string of the molecule is COc1ccc(OCCSc2nc3c(c(=O)[nH]2)CCCC3)cc1. The number of aromatic amines is 1. The molecule has 1 aromatic carbocycles. The highest BCUT2D eigenvalue weighted by Crippen LogP contribution is 2.20. The van der Waals surface area contributed by atoms with Crippen molar-refractivity contribution in [3.05, 3.63) is 45.9 Å². The largest absolute Gasteiger partial charge is 0.497 e. The van der Waals surface area contributed by atoms with Crippen molar-refractivity contribution in [3.8, 4) is 11.5 Å². The maximum Gasteiger partial charge on any atom is 0.254 e. The third kappa shape index (κ3) is 4.07. The normalized spacial score (nSPS) is 13.4. The van der Waals surface area contributed by atoms with Crippen LogP contribution in [0.2, 0.25) is 0 Å². The van der Waals surface area contributed by atoms with Gasteiger partial charge in [-0.1, -0.05) is 11.8 Å². The van der Waals surface area contributed by atoms with Gasteiger partial charge in [0.2, 0.25) is 0 Å². The fourth-order valence-electron chi connectivity index (χ4n) is 2.62. The van der Waals surface area contributed by atoms with Crippen LogP contribution in [0.5, 0.6) is 11.5 Å². The highest BCUT2D eigenvalue weighted by molar-refractivity contribution is 7.99. The van der Waals surface area contributed by atoms with Gasteiger partial charge in [0.05, 0.1) is 19.4 Å². The van der Waals surface area contributed by atoms with Gasteiger partial charge in [0, 0.05) is 11.3 Å². The summed E-state index contributed by atoms with van der Waals surface area (Å²) in [5.41, 5.74) is 1.86. The Hall–Kier alpha value is -1.95. The Balaban J connectivity index is 1.52. The second kappa shape index (κ2) is 7.55. The Morgan fingerprint density at radius 2 is 1.91 bits per heavy atom. The quantitative estimate of drug-likeness (QED) is 0.501. The predicted molar refractivity (Wildman–Crippen MR) is 90.7 cm³/mol. The lowest BCUT2D eigenvalue weighted by atomic mass is 9.97. The molecule has 0 amide bonds. The minimum absolute atomic E-state index is 0.0215. The number of methoxy groups -OCH3 is 1. The van der Waals surface area contributed by atoms with Crippen LogP contribution in [-0.4, -0.2) is 29.4 Å². The van der Waals surface area contributed by atoms with Crippen LogP contribution >= 0.6 is 11.8 Å². The Morgan fingerprint density at radius 1 is 1.17 bits per heavy atom. The van der Waals surface area contributed by atoms with Gasteiger partial charge in [-0.2, -0.15) is 0 Å². The molecule has 0 unspecified atom stereocenters. The van der Waals surface area contributed by atoms with Gasteiger partial charge in [-0.3, -0.25) is 4.79 Å². The van der Waals surface area contributed by atoms with Crippen LogP contribution in [-0.2, 0) is 12.8 Å². The van der Waals surface area contributed by atoms with Crippen LogP contribution in [0.25, 0.3) is 0 Å². The summed E-state index contributed by atoms with van der Waals surface area (Å²) in [5, 5.41) is 0.689. The van der Waals surface area contributed by atoms with Gasteiger partial charge >= 0.3 is 0 Å². The maximum atomic E-state index is 12.0. The number of nitrogens with zero attached hydrogens (tertiary/aromatic N) is 1. The molecule has 0 spiro atoms. The molecule has 1 heterocycles. The summed E-state index contributed by atoms with van der Waals surface area (Å²) in [6.07, 6.45) is 3.96. The van der Waals surface area contributed by atoms with E-state index >= 15 is 0 Å². The molecule has 0 saturated carbocycles. The van der Waals surface area contributed by atoms with Crippen molar-refractivity contribution in [2.45, 2.75) is 30.8 Å². The number of H-pyrrole nitrogens is 1. The summed E-state index contributed by atoms with van der Waals surface area (Å²) in [6.45, 7) is 0.553. The molecular weight excluding hydrogens is 312 g/mol. The Morgan fingerprint density at radius 3 is 2.70 bits per heavy atom. The van der Waals surface area contributed by atoms with Crippen LogP contribution in [0.4, 0.5) is 0 Å². The Bertz CT molecular complexity index is 713. The van der Waals surface area contributed by atoms with E-state index in [1.54, 1.807) is 7.11 Å². The van der Waals surface area contributed by atoms with E-state index < -0.39 is 0 Å². The molecule has 0 bridgehead atoms. The minimum Gasteiger partial charge on any atom is -0.497 e. The molecule has 3 rings (SSSR count). The molecule has 122 valence electrons. The third-order valence-corrected chi connectivity index (χ3v) is 4.66. The fourth-order valence-corrected chi connectivity index (χ4v) is 3.32. The van der Waals surface area contributed by atoms with E-state index in [0.717, 1.165) is 54.2 Å². The van der Waals surface area contributed by atoms with E-state index in [2.05, 4.69) is 9.97 Å². The average Bonchev–Trinajstić information content (AvgIpc) is 2.59. The second-order valence-corrected chi connectivity index (χ2v) is 6.46. The first-order chi connectivity index (χ1) is 11.3. The molecule has 0 atom stereocenters. The first-order valence-electron chi connectivity index (χ1n) is 7.78. The summed E-state index contributed by atoms with van der Waals surface area (Å²) in [4.78, 5) is 19.5. The lowest BCUT2D eigenvalue weighted by Gasteiger charge is -2.14. The zero-order chi connectivity index (χ0) is 16.1. The molecule has 6 heteroatoms. The molecule has 1 aromatic heterocycles. The number of ether oxygens (including phenoxy) is 2. The van der Waals surface area contributed by atoms with E-state index in [9.17, 15) is 4.79 Å². The second-order valence-electron chi connectivity index (χ2n) is 5.38. The number of hydrogen-bond acceptors (Lipinski definition) is 5. The van der Waals surface area contributed by atoms with E-state index in [4.69, 9.17) is 9.47 Å². The monoisotopic (exact) mass is 332 g/mol. The van der Waals surface area contributed by atoms with Gasteiger partial charge in [-0.25, -0.2) is 4.98 Å². The Kier molecular flexibility index (Phi) is 5.23. The van der Waals surface area contributed by atoms with Gasteiger partial charge in [0.15, 0.2) is 5.16 Å². The topological polar surface area (TPSA) is 64.2 Å². The van der Waals surface area contributed by atoms with Gasteiger partial charge in [-0.15, -0.1) is 0 Å². The van der Waals surface area contributed by atoms with E-state index in [0.29, 0.717) is 11.8 Å². The van der Waals surface area contributed by atoms with Gasteiger partial charge in [-0.05, 0) is 49.9 Å². The molecule has 2 aromatic rings. The number of thioether (sulfide) groups is 1. The number of aromatic nitrogens is 2. The molecule has 1 N–H and O–H groups in total. The number of benzene rings is 1. The molecule has 0 radical (unpaired) electrons. The van der Waals surface area contributed by atoms with Crippen molar-refractivity contribution < 1.29 is 9.47 Å². The van der Waals surface area contributed by atoms with Gasteiger partial charge in [0.1, 0.15) is 11.5 Å².